The van der Waals surface area contributed by atoms with Crippen molar-refractivity contribution < 1.29 is 4.79 Å². The van der Waals surface area contributed by atoms with Gasteiger partial charge in [0.05, 0.1) is 11.0 Å². The van der Waals surface area contributed by atoms with Crippen LogP contribution >= 0.6 is 0 Å². The summed E-state index contributed by atoms with van der Waals surface area (Å²) < 4.78 is 2.32. The number of aromatic nitrogens is 2. The maximum absolute atomic E-state index is 12.8. The molecule has 1 aliphatic rings. The zero-order chi connectivity index (χ0) is 21.4. The maximum Gasteiger partial charge on any atom is 0.223 e. The Balaban J connectivity index is 1.49. The minimum absolute atomic E-state index is 0.105. The monoisotopic (exact) mass is 409 g/mol. The van der Waals surface area contributed by atoms with Crippen LogP contribution in [-0.4, -0.2) is 26.9 Å². The Labute approximate surface area is 183 Å². The van der Waals surface area contributed by atoms with Gasteiger partial charge in [-0.05, 0) is 42.7 Å². The Kier molecular flexibility index (Phi) is 5.06. The van der Waals surface area contributed by atoms with Crippen LogP contribution in [0, 0.1) is 13.8 Å². The third-order valence-corrected chi connectivity index (χ3v) is 6.31. The van der Waals surface area contributed by atoms with Gasteiger partial charge in [-0.15, -0.1) is 0 Å². The lowest BCUT2D eigenvalue weighted by Crippen LogP contribution is -2.24. The smallest absolute Gasteiger partial charge is 0.223 e. The standard InChI is InChI=1S/C27H27N3O/c1-19-12-13-20(2)22(14-19)18-30-25-11-7-6-10-24(25)28-27(30)23-15-26(31)29(17-23)16-21-8-4-3-5-9-21/h3-14,23H,15-18H2,1-2H3/t23-/m0/s1. The van der Waals surface area contributed by atoms with E-state index in [1.165, 1.54) is 22.3 Å². The van der Waals surface area contributed by atoms with Crippen LogP contribution < -0.4 is 0 Å². The molecule has 1 atom stereocenters. The normalized spacial score (nSPS) is 16.4. The molecule has 4 aromatic rings. The Hall–Kier alpha value is -3.40. The van der Waals surface area contributed by atoms with Crippen LogP contribution in [0.2, 0.25) is 0 Å². The van der Waals surface area contributed by atoms with Gasteiger partial charge in [0, 0.05) is 32.0 Å². The van der Waals surface area contributed by atoms with E-state index in [2.05, 4.69) is 66.9 Å². The third kappa shape index (κ3) is 3.86. The first kappa shape index (κ1) is 19.6. The fourth-order valence-corrected chi connectivity index (χ4v) is 4.61. The van der Waals surface area contributed by atoms with Crippen molar-refractivity contribution in [3.8, 4) is 0 Å². The van der Waals surface area contributed by atoms with Crippen molar-refractivity contribution in [3.63, 3.8) is 0 Å². The second-order valence-electron chi connectivity index (χ2n) is 8.64. The molecule has 0 aliphatic carbocycles. The van der Waals surface area contributed by atoms with Crippen LogP contribution in [0.3, 0.4) is 0 Å². The molecule has 31 heavy (non-hydrogen) atoms. The molecule has 0 saturated carbocycles. The lowest BCUT2D eigenvalue weighted by atomic mass is 10.0. The summed E-state index contributed by atoms with van der Waals surface area (Å²) in [5.74, 6) is 1.33. The molecule has 4 heteroatoms. The van der Waals surface area contributed by atoms with E-state index in [0.29, 0.717) is 19.5 Å². The number of carbonyl (C=O) groups excluding carboxylic acids is 1. The Morgan fingerprint density at radius 2 is 1.71 bits per heavy atom. The highest BCUT2D eigenvalue weighted by atomic mass is 16.2. The molecule has 1 aliphatic heterocycles. The number of aryl methyl sites for hydroxylation is 2. The second-order valence-corrected chi connectivity index (χ2v) is 8.64. The van der Waals surface area contributed by atoms with Crippen molar-refractivity contribution in [1.29, 1.82) is 0 Å². The summed E-state index contributed by atoms with van der Waals surface area (Å²) in [7, 11) is 0. The molecule has 0 N–H and O–H groups in total. The lowest BCUT2D eigenvalue weighted by Gasteiger charge is -2.18. The van der Waals surface area contributed by atoms with Crippen molar-refractivity contribution >= 4 is 16.9 Å². The Bertz CT molecular complexity index is 1240. The number of para-hydroxylation sites is 2. The first-order valence-corrected chi connectivity index (χ1v) is 10.9. The summed E-state index contributed by atoms with van der Waals surface area (Å²) in [5.41, 5.74) is 7.14. The van der Waals surface area contributed by atoms with E-state index in [9.17, 15) is 4.79 Å². The topological polar surface area (TPSA) is 38.1 Å². The number of likely N-dealkylation sites (tertiary alicyclic amines) is 1. The number of benzene rings is 3. The highest BCUT2D eigenvalue weighted by Crippen LogP contribution is 2.32. The van der Waals surface area contributed by atoms with Gasteiger partial charge in [0.15, 0.2) is 0 Å². The van der Waals surface area contributed by atoms with E-state index in [0.717, 1.165) is 23.4 Å². The quantitative estimate of drug-likeness (QED) is 0.453. The molecular formula is C27H27N3O. The number of carbonyl (C=O) groups is 1. The SMILES string of the molecule is Cc1ccc(C)c(Cn2c([C@H]3CC(=O)N(Cc4ccccc4)C3)nc3ccccc32)c1. The van der Waals surface area contributed by atoms with Gasteiger partial charge >= 0.3 is 0 Å². The zero-order valence-corrected chi connectivity index (χ0v) is 18.1. The summed E-state index contributed by atoms with van der Waals surface area (Å²) in [4.78, 5) is 19.8. The Morgan fingerprint density at radius 3 is 2.55 bits per heavy atom. The van der Waals surface area contributed by atoms with Crippen LogP contribution in [0.25, 0.3) is 11.0 Å². The maximum atomic E-state index is 12.8. The van der Waals surface area contributed by atoms with Crippen molar-refractivity contribution in [1.82, 2.24) is 14.5 Å². The molecule has 0 bridgehead atoms. The van der Waals surface area contributed by atoms with E-state index in [4.69, 9.17) is 4.98 Å². The summed E-state index contributed by atoms with van der Waals surface area (Å²) in [5, 5.41) is 0. The molecule has 0 unspecified atom stereocenters. The average Bonchev–Trinajstić information content (AvgIpc) is 3.32. The van der Waals surface area contributed by atoms with Gasteiger partial charge in [-0.25, -0.2) is 4.98 Å². The highest BCUT2D eigenvalue weighted by molar-refractivity contribution is 5.81. The number of hydrogen-bond acceptors (Lipinski definition) is 2. The molecule has 0 spiro atoms. The summed E-state index contributed by atoms with van der Waals surface area (Å²) in [6, 6.07) is 25.1. The van der Waals surface area contributed by atoms with E-state index in [1.54, 1.807) is 0 Å². The lowest BCUT2D eigenvalue weighted by molar-refractivity contribution is -0.128. The van der Waals surface area contributed by atoms with Crippen molar-refractivity contribution in [2.45, 2.75) is 39.3 Å². The number of amides is 1. The van der Waals surface area contributed by atoms with Crippen molar-refractivity contribution in [3.05, 3.63) is 101 Å². The van der Waals surface area contributed by atoms with E-state index < -0.39 is 0 Å². The number of nitrogens with zero attached hydrogens (tertiary/aromatic N) is 3. The first-order valence-electron chi connectivity index (χ1n) is 10.9. The van der Waals surface area contributed by atoms with E-state index >= 15 is 0 Å². The number of hydrogen-bond donors (Lipinski definition) is 0. The average molecular weight is 410 g/mol. The van der Waals surface area contributed by atoms with Crippen molar-refractivity contribution in [2.24, 2.45) is 0 Å². The van der Waals surface area contributed by atoms with Crippen LogP contribution in [0.4, 0.5) is 0 Å². The van der Waals surface area contributed by atoms with Gasteiger partial charge in [0.1, 0.15) is 5.82 Å². The van der Waals surface area contributed by atoms with Crippen molar-refractivity contribution in [2.75, 3.05) is 6.54 Å². The molecule has 0 radical (unpaired) electrons. The van der Waals surface area contributed by atoms with Crippen LogP contribution in [0.15, 0.2) is 72.8 Å². The fourth-order valence-electron chi connectivity index (χ4n) is 4.61. The molecule has 1 amide bonds. The molecule has 1 fully saturated rings. The summed E-state index contributed by atoms with van der Waals surface area (Å²) in [6.07, 6.45) is 0.517. The number of imidazole rings is 1. The number of rotatable bonds is 5. The molecule has 4 nitrogen and oxygen atoms in total. The van der Waals surface area contributed by atoms with Crippen LogP contribution in [0.1, 0.15) is 40.4 Å². The highest BCUT2D eigenvalue weighted by Gasteiger charge is 2.34. The van der Waals surface area contributed by atoms with Gasteiger partial charge in [-0.3, -0.25) is 4.79 Å². The number of fused-ring (bicyclic) bond motifs is 1. The minimum atomic E-state index is 0.105. The molecule has 5 rings (SSSR count). The Morgan fingerprint density at radius 1 is 0.935 bits per heavy atom. The summed E-state index contributed by atoms with van der Waals surface area (Å²) in [6.45, 7) is 6.44. The molecule has 1 saturated heterocycles. The zero-order valence-electron chi connectivity index (χ0n) is 18.1. The molecule has 1 aromatic heterocycles. The minimum Gasteiger partial charge on any atom is -0.338 e. The molecular weight excluding hydrogens is 382 g/mol. The molecule has 2 heterocycles. The second kappa shape index (κ2) is 8.03. The van der Waals surface area contributed by atoms with Gasteiger partial charge in [-0.1, -0.05) is 66.2 Å². The molecule has 3 aromatic carbocycles. The molecule has 156 valence electrons. The first-order chi connectivity index (χ1) is 15.1. The van der Waals surface area contributed by atoms with Gasteiger partial charge in [0.2, 0.25) is 5.91 Å². The van der Waals surface area contributed by atoms with E-state index in [1.807, 2.05) is 29.2 Å². The van der Waals surface area contributed by atoms with Crippen LogP contribution in [-0.2, 0) is 17.9 Å². The van der Waals surface area contributed by atoms with Gasteiger partial charge in [-0.2, -0.15) is 0 Å². The largest absolute Gasteiger partial charge is 0.338 e. The van der Waals surface area contributed by atoms with E-state index in [-0.39, 0.29) is 11.8 Å². The third-order valence-electron chi connectivity index (χ3n) is 6.31. The predicted molar refractivity (Wildman–Crippen MR) is 124 cm³/mol. The van der Waals surface area contributed by atoms with Crippen LogP contribution in [0.5, 0.6) is 0 Å². The van der Waals surface area contributed by atoms with Gasteiger partial charge in [0.25, 0.3) is 0 Å². The summed E-state index contributed by atoms with van der Waals surface area (Å²) >= 11 is 0. The fraction of sp³-hybridized carbons (Fsp3) is 0.259. The van der Waals surface area contributed by atoms with Gasteiger partial charge < -0.3 is 9.47 Å². The predicted octanol–water partition coefficient (Wildman–Crippen LogP) is 5.22.